The van der Waals surface area contributed by atoms with E-state index in [0.717, 1.165) is 45.3 Å². The largest absolute Gasteiger partial charge is 0.381 e. The first kappa shape index (κ1) is 14.8. The Morgan fingerprint density at radius 2 is 1.65 bits per heavy atom. The number of nitrogens with one attached hydrogen (secondary N) is 1. The summed E-state index contributed by atoms with van der Waals surface area (Å²) in [4.78, 5) is 0. The van der Waals surface area contributed by atoms with Crippen LogP contribution in [0.1, 0.15) is 38.5 Å². The van der Waals surface area contributed by atoms with Gasteiger partial charge in [0.25, 0.3) is 0 Å². The fourth-order valence-electron chi connectivity index (χ4n) is 3.31. The molecule has 116 valence electrons. The number of rotatable bonds is 5. The first-order valence-corrected chi connectivity index (χ1v) is 9.47. The van der Waals surface area contributed by atoms with Crippen molar-refractivity contribution in [2.75, 3.05) is 32.8 Å². The van der Waals surface area contributed by atoms with Gasteiger partial charge in [0.05, 0.1) is 5.25 Å². The van der Waals surface area contributed by atoms with E-state index in [4.69, 9.17) is 4.74 Å². The third-order valence-electron chi connectivity index (χ3n) is 4.77. The number of piperidine rings is 1. The van der Waals surface area contributed by atoms with Gasteiger partial charge in [-0.25, -0.2) is 8.42 Å². The Morgan fingerprint density at radius 1 is 1.00 bits per heavy atom. The van der Waals surface area contributed by atoms with Crippen LogP contribution in [0.3, 0.4) is 0 Å². The minimum absolute atomic E-state index is 0.210. The fraction of sp³-hybridized carbons (Fsp3) is 1.00. The molecule has 2 aliphatic heterocycles. The first-order chi connectivity index (χ1) is 9.68. The molecule has 0 spiro atoms. The average molecular weight is 302 g/mol. The van der Waals surface area contributed by atoms with Crippen LogP contribution < -0.4 is 5.32 Å². The summed E-state index contributed by atoms with van der Waals surface area (Å²) in [6.07, 6.45) is 5.63. The number of ether oxygens (including phenoxy) is 1. The zero-order chi connectivity index (χ0) is 14.0. The molecule has 1 N–H and O–H groups in total. The average Bonchev–Trinajstić information content (AvgIpc) is 3.31. The van der Waals surface area contributed by atoms with Gasteiger partial charge in [-0.1, -0.05) is 0 Å². The van der Waals surface area contributed by atoms with Crippen molar-refractivity contribution in [1.29, 1.82) is 0 Å². The lowest BCUT2D eigenvalue weighted by atomic mass is 9.98. The number of nitrogens with zero attached hydrogens (tertiary/aromatic N) is 1. The summed E-state index contributed by atoms with van der Waals surface area (Å²) in [7, 11) is -3.13. The molecule has 0 aromatic carbocycles. The smallest absolute Gasteiger partial charge is 0.217 e. The van der Waals surface area contributed by atoms with Gasteiger partial charge in [-0.2, -0.15) is 4.31 Å². The number of hydrogen-bond acceptors (Lipinski definition) is 4. The highest BCUT2D eigenvalue weighted by molar-refractivity contribution is 7.89. The molecular formula is C14H26N2O3S. The minimum atomic E-state index is -3.13. The Bertz CT molecular complexity index is 410. The van der Waals surface area contributed by atoms with E-state index in [2.05, 4.69) is 5.32 Å². The van der Waals surface area contributed by atoms with Gasteiger partial charge >= 0.3 is 0 Å². The highest BCUT2D eigenvalue weighted by atomic mass is 32.2. The maximum absolute atomic E-state index is 12.9. The van der Waals surface area contributed by atoms with Crippen molar-refractivity contribution in [1.82, 2.24) is 9.62 Å². The van der Waals surface area contributed by atoms with E-state index in [-0.39, 0.29) is 11.3 Å². The molecule has 0 radical (unpaired) electrons. The second kappa shape index (κ2) is 6.30. The van der Waals surface area contributed by atoms with Crippen LogP contribution in [0.25, 0.3) is 0 Å². The Balaban J connectivity index is 1.68. The van der Waals surface area contributed by atoms with Crippen LogP contribution in [0.5, 0.6) is 0 Å². The molecule has 5 nitrogen and oxygen atoms in total. The summed E-state index contributed by atoms with van der Waals surface area (Å²) in [6, 6.07) is 0.290. The van der Waals surface area contributed by atoms with E-state index in [1.165, 1.54) is 0 Å². The zero-order valence-corrected chi connectivity index (χ0v) is 12.9. The van der Waals surface area contributed by atoms with Gasteiger partial charge < -0.3 is 10.1 Å². The summed E-state index contributed by atoms with van der Waals surface area (Å²) in [5, 5.41) is 3.14. The summed E-state index contributed by atoms with van der Waals surface area (Å²) in [5.74, 6) is 0.534. The molecule has 3 fully saturated rings. The molecule has 6 heteroatoms. The van der Waals surface area contributed by atoms with Crippen molar-refractivity contribution in [3.05, 3.63) is 0 Å². The molecule has 2 heterocycles. The van der Waals surface area contributed by atoms with E-state index in [0.29, 0.717) is 32.0 Å². The van der Waals surface area contributed by atoms with Crippen molar-refractivity contribution in [3.63, 3.8) is 0 Å². The maximum Gasteiger partial charge on any atom is 0.217 e. The predicted molar refractivity (Wildman–Crippen MR) is 78.1 cm³/mol. The molecule has 1 saturated carbocycles. The third-order valence-corrected chi connectivity index (χ3v) is 7.18. The van der Waals surface area contributed by atoms with Gasteiger partial charge in [0.1, 0.15) is 0 Å². The zero-order valence-electron chi connectivity index (χ0n) is 12.1. The molecule has 3 rings (SSSR count). The summed E-state index contributed by atoms with van der Waals surface area (Å²) >= 11 is 0. The number of hydrogen-bond donors (Lipinski definition) is 1. The molecule has 0 aromatic heterocycles. The lowest BCUT2D eigenvalue weighted by Crippen LogP contribution is -2.46. The van der Waals surface area contributed by atoms with Crippen molar-refractivity contribution in [2.24, 2.45) is 5.92 Å². The highest BCUT2D eigenvalue weighted by Gasteiger charge is 2.42. The van der Waals surface area contributed by atoms with Crippen LogP contribution >= 0.6 is 0 Å². The van der Waals surface area contributed by atoms with Crippen LogP contribution in [-0.2, 0) is 14.8 Å². The molecule has 0 atom stereocenters. The minimum Gasteiger partial charge on any atom is -0.381 e. The monoisotopic (exact) mass is 302 g/mol. The second-order valence-electron chi connectivity index (χ2n) is 6.35. The molecule has 1 aliphatic carbocycles. The van der Waals surface area contributed by atoms with Crippen molar-refractivity contribution in [3.8, 4) is 0 Å². The van der Waals surface area contributed by atoms with Crippen LogP contribution in [0.15, 0.2) is 0 Å². The Kier molecular flexibility index (Phi) is 4.65. The molecular weight excluding hydrogens is 276 g/mol. The normalized spacial score (nSPS) is 27.1. The van der Waals surface area contributed by atoms with E-state index in [1.54, 1.807) is 0 Å². The van der Waals surface area contributed by atoms with Gasteiger partial charge in [-0.15, -0.1) is 0 Å². The van der Waals surface area contributed by atoms with E-state index in [1.807, 2.05) is 4.31 Å². The van der Waals surface area contributed by atoms with Crippen LogP contribution in [0, 0.1) is 5.92 Å². The first-order valence-electron chi connectivity index (χ1n) is 7.97. The fourth-order valence-corrected chi connectivity index (χ4v) is 5.52. The van der Waals surface area contributed by atoms with E-state index in [9.17, 15) is 8.42 Å². The standard InChI is InChI=1S/C14H26N2O3S/c17-20(18,14-5-9-19-10-6-14)16(13-1-2-13)11-12-3-7-15-8-4-12/h12-15H,1-11H2. The Labute approximate surface area is 122 Å². The Hall–Kier alpha value is -0.170. The van der Waals surface area contributed by atoms with E-state index >= 15 is 0 Å². The van der Waals surface area contributed by atoms with Crippen LogP contribution in [0.4, 0.5) is 0 Å². The lowest BCUT2D eigenvalue weighted by molar-refractivity contribution is 0.0968. The van der Waals surface area contributed by atoms with Crippen molar-refractivity contribution in [2.45, 2.75) is 49.8 Å². The SMILES string of the molecule is O=S(=O)(C1CCOCC1)N(CC1CCNCC1)C1CC1. The van der Waals surface area contributed by atoms with Crippen molar-refractivity contribution >= 4 is 10.0 Å². The number of sulfonamides is 1. The third kappa shape index (κ3) is 3.35. The summed E-state index contributed by atoms with van der Waals surface area (Å²) in [6.45, 7) is 3.98. The second-order valence-corrected chi connectivity index (χ2v) is 8.52. The topological polar surface area (TPSA) is 58.6 Å². The molecule has 0 unspecified atom stereocenters. The van der Waals surface area contributed by atoms with Crippen LogP contribution in [0.2, 0.25) is 0 Å². The quantitative estimate of drug-likeness (QED) is 0.822. The molecule has 3 aliphatic rings. The van der Waals surface area contributed by atoms with Gasteiger partial charge in [-0.05, 0) is 57.5 Å². The van der Waals surface area contributed by atoms with Crippen LogP contribution in [-0.4, -0.2) is 56.9 Å². The van der Waals surface area contributed by atoms with Gasteiger partial charge in [0.2, 0.25) is 10.0 Å². The van der Waals surface area contributed by atoms with Gasteiger partial charge in [0.15, 0.2) is 0 Å². The lowest BCUT2D eigenvalue weighted by Gasteiger charge is -2.33. The van der Waals surface area contributed by atoms with Gasteiger partial charge in [0, 0.05) is 25.8 Å². The van der Waals surface area contributed by atoms with Crippen molar-refractivity contribution < 1.29 is 13.2 Å². The maximum atomic E-state index is 12.9. The van der Waals surface area contributed by atoms with Gasteiger partial charge in [-0.3, -0.25) is 0 Å². The molecule has 20 heavy (non-hydrogen) atoms. The molecule has 0 aromatic rings. The molecule has 0 amide bonds. The summed E-state index contributed by atoms with van der Waals surface area (Å²) < 4.78 is 33.0. The predicted octanol–water partition coefficient (Wildman–Crippen LogP) is 0.959. The highest BCUT2D eigenvalue weighted by Crippen LogP contribution is 2.34. The molecule has 0 bridgehead atoms. The van der Waals surface area contributed by atoms with E-state index < -0.39 is 10.0 Å². The Morgan fingerprint density at radius 3 is 2.25 bits per heavy atom. The summed E-state index contributed by atoms with van der Waals surface area (Å²) in [5.41, 5.74) is 0. The molecule has 2 saturated heterocycles.